The zero-order valence-electron chi connectivity index (χ0n) is 14.0. The largest absolute Gasteiger partial charge is 0.311 e. The van der Waals surface area contributed by atoms with Crippen molar-refractivity contribution in [2.75, 3.05) is 19.6 Å². The van der Waals surface area contributed by atoms with Gasteiger partial charge in [0.15, 0.2) is 0 Å². The quantitative estimate of drug-likeness (QED) is 0.714. The average molecular weight is 268 g/mol. The van der Waals surface area contributed by atoms with E-state index in [1.165, 1.54) is 58.2 Å². The molecule has 1 aliphatic rings. The Morgan fingerprint density at radius 3 is 2.42 bits per heavy atom. The number of piperazine rings is 1. The van der Waals surface area contributed by atoms with Crippen LogP contribution >= 0.6 is 0 Å². The van der Waals surface area contributed by atoms with E-state index >= 15 is 0 Å². The van der Waals surface area contributed by atoms with Gasteiger partial charge in [-0.25, -0.2) is 0 Å². The fraction of sp³-hybridized carbons (Fsp3) is 1.00. The van der Waals surface area contributed by atoms with E-state index in [2.05, 4.69) is 44.8 Å². The Kier molecular flexibility index (Phi) is 7.38. The minimum atomic E-state index is 0.409. The summed E-state index contributed by atoms with van der Waals surface area (Å²) in [5.74, 6) is 0.891. The molecular formula is C17H36N2. The highest BCUT2D eigenvalue weighted by molar-refractivity contribution is 4.97. The molecule has 1 N–H and O–H groups in total. The van der Waals surface area contributed by atoms with E-state index < -0.39 is 0 Å². The lowest BCUT2D eigenvalue weighted by Crippen LogP contribution is -2.64. The summed E-state index contributed by atoms with van der Waals surface area (Å²) in [6.45, 7) is 15.4. The normalized spacial score (nSPS) is 25.4. The molecule has 1 saturated heterocycles. The second-order valence-corrected chi connectivity index (χ2v) is 6.53. The van der Waals surface area contributed by atoms with Crippen molar-refractivity contribution in [3.63, 3.8) is 0 Å². The Hall–Kier alpha value is -0.0800. The highest BCUT2D eigenvalue weighted by atomic mass is 15.3. The van der Waals surface area contributed by atoms with Gasteiger partial charge in [0.2, 0.25) is 0 Å². The first-order valence-electron chi connectivity index (χ1n) is 8.60. The van der Waals surface area contributed by atoms with Gasteiger partial charge < -0.3 is 5.32 Å². The molecule has 1 heterocycles. The SMILES string of the molecule is CCCCC(CC)CN1CC(C)NCC1(CC)CC. The highest BCUT2D eigenvalue weighted by Gasteiger charge is 2.38. The predicted octanol–water partition coefficient (Wildman–Crippen LogP) is 4.06. The molecule has 114 valence electrons. The monoisotopic (exact) mass is 268 g/mol. The average Bonchev–Trinajstić information content (AvgIpc) is 2.44. The summed E-state index contributed by atoms with van der Waals surface area (Å²) >= 11 is 0. The summed E-state index contributed by atoms with van der Waals surface area (Å²) in [6.07, 6.45) is 8.02. The molecule has 0 aliphatic carbocycles. The van der Waals surface area contributed by atoms with Crippen LogP contribution in [-0.2, 0) is 0 Å². The lowest BCUT2D eigenvalue weighted by Gasteiger charge is -2.50. The van der Waals surface area contributed by atoms with Crippen LogP contribution in [0.25, 0.3) is 0 Å². The van der Waals surface area contributed by atoms with Gasteiger partial charge in [-0.1, -0.05) is 47.0 Å². The second-order valence-electron chi connectivity index (χ2n) is 6.53. The molecule has 19 heavy (non-hydrogen) atoms. The Bertz CT molecular complexity index is 235. The standard InChI is InChI=1S/C17H36N2/c1-6-10-11-16(7-2)13-19-12-15(5)18-14-17(19,8-3)9-4/h15-16,18H,6-14H2,1-5H3. The van der Waals surface area contributed by atoms with Gasteiger partial charge in [0, 0.05) is 31.2 Å². The molecule has 0 amide bonds. The fourth-order valence-electron chi connectivity index (χ4n) is 3.51. The highest BCUT2D eigenvalue weighted by Crippen LogP contribution is 2.29. The van der Waals surface area contributed by atoms with Crippen LogP contribution in [0.15, 0.2) is 0 Å². The van der Waals surface area contributed by atoms with E-state index in [1.54, 1.807) is 0 Å². The van der Waals surface area contributed by atoms with Crippen LogP contribution in [0.1, 0.15) is 73.1 Å². The summed E-state index contributed by atoms with van der Waals surface area (Å²) < 4.78 is 0. The molecule has 0 saturated carbocycles. The summed E-state index contributed by atoms with van der Waals surface area (Å²) in [4.78, 5) is 2.82. The zero-order valence-corrected chi connectivity index (χ0v) is 14.0. The molecule has 1 aliphatic heterocycles. The van der Waals surface area contributed by atoms with Crippen molar-refractivity contribution in [2.24, 2.45) is 5.92 Å². The Labute approximate surface area is 121 Å². The van der Waals surface area contributed by atoms with Crippen LogP contribution in [0, 0.1) is 5.92 Å². The molecule has 0 aromatic heterocycles. The van der Waals surface area contributed by atoms with Crippen LogP contribution in [-0.4, -0.2) is 36.1 Å². The summed E-state index contributed by atoms with van der Waals surface area (Å²) in [5, 5.41) is 3.70. The third kappa shape index (κ3) is 4.46. The summed E-state index contributed by atoms with van der Waals surface area (Å²) in [5.41, 5.74) is 0.409. The van der Waals surface area contributed by atoms with Gasteiger partial charge in [0.05, 0.1) is 0 Å². The smallest absolute Gasteiger partial charge is 0.0329 e. The predicted molar refractivity (Wildman–Crippen MR) is 85.7 cm³/mol. The molecule has 1 fully saturated rings. The maximum atomic E-state index is 3.70. The van der Waals surface area contributed by atoms with Crippen LogP contribution in [0.5, 0.6) is 0 Å². The van der Waals surface area contributed by atoms with Crippen molar-refractivity contribution in [3.8, 4) is 0 Å². The van der Waals surface area contributed by atoms with Crippen molar-refractivity contribution in [3.05, 3.63) is 0 Å². The number of hydrogen-bond donors (Lipinski definition) is 1. The maximum absolute atomic E-state index is 3.70. The number of nitrogens with one attached hydrogen (secondary N) is 1. The van der Waals surface area contributed by atoms with E-state index in [-0.39, 0.29) is 0 Å². The summed E-state index contributed by atoms with van der Waals surface area (Å²) in [7, 11) is 0. The fourth-order valence-corrected chi connectivity index (χ4v) is 3.51. The lowest BCUT2D eigenvalue weighted by molar-refractivity contribution is 0.0199. The zero-order chi connectivity index (χ0) is 14.3. The van der Waals surface area contributed by atoms with Crippen molar-refractivity contribution in [2.45, 2.75) is 84.7 Å². The van der Waals surface area contributed by atoms with Gasteiger partial charge in [0.25, 0.3) is 0 Å². The van der Waals surface area contributed by atoms with Crippen LogP contribution in [0.4, 0.5) is 0 Å². The Morgan fingerprint density at radius 1 is 1.21 bits per heavy atom. The maximum Gasteiger partial charge on any atom is 0.0329 e. The second kappa shape index (κ2) is 8.26. The molecule has 2 nitrogen and oxygen atoms in total. The van der Waals surface area contributed by atoms with Crippen molar-refractivity contribution in [1.82, 2.24) is 10.2 Å². The van der Waals surface area contributed by atoms with E-state index in [1.807, 2.05) is 0 Å². The number of unbranched alkanes of at least 4 members (excludes halogenated alkanes) is 1. The molecule has 2 heteroatoms. The van der Waals surface area contributed by atoms with E-state index in [4.69, 9.17) is 0 Å². The number of hydrogen-bond acceptors (Lipinski definition) is 2. The molecule has 0 spiro atoms. The first kappa shape index (κ1) is 17.0. The minimum absolute atomic E-state index is 0.409. The van der Waals surface area contributed by atoms with E-state index in [9.17, 15) is 0 Å². The van der Waals surface area contributed by atoms with Crippen LogP contribution < -0.4 is 5.32 Å². The van der Waals surface area contributed by atoms with Crippen LogP contribution in [0.3, 0.4) is 0 Å². The topological polar surface area (TPSA) is 15.3 Å². The molecule has 0 bridgehead atoms. The van der Waals surface area contributed by atoms with Gasteiger partial charge in [-0.3, -0.25) is 4.90 Å². The van der Waals surface area contributed by atoms with Gasteiger partial charge in [0.1, 0.15) is 0 Å². The summed E-state index contributed by atoms with van der Waals surface area (Å²) in [6, 6.07) is 0.648. The van der Waals surface area contributed by atoms with Gasteiger partial charge in [-0.05, 0) is 32.1 Å². The first-order valence-corrected chi connectivity index (χ1v) is 8.60. The third-order valence-corrected chi connectivity index (χ3v) is 5.28. The molecule has 0 aromatic carbocycles. The molecule has 0 radical (unpaired) electrons. The number of rotatable bonds is 8. The number of nitrogens with zero attached hydrogens (tertiary/aromatic N) is 1. The lowest BCUT2D eigenvalue weighted by atomic mass is 9.85. The van der Waals surface area contributed by atoms with E-state index in [0.717, 1.165) is 5.92 Å². The molecule has 0 aromatic rings. The van der Waals surface area contributed by atoms with Crippen molar-refractivity contribution < 1.29 is 0 Å². The van der Waals surface area contributed by atoms with Crippen molar-refractivity contribution >= 4 is 0 Å². The molecular weight excluding hydrogens is 232 g/mol. The van der Waals surface area contributed by atoms with Crippen LogP contribution in [0.2, 0.25) is 0 Å². The third-order valence-electron chi connectivity index (χ3n) is 5.28. The van der Waals surface area contributed by atoms with Gasteiger partial charge >= 0.3 is 0 Å². The molecule has 2 atom stereocenters. The first-order chi connectivity index (χ1) is 9.11. The van der Waals surface area contributed by atoms with E-state index in [0.29, 0.717) is 11.6 Å². The molecule has 1 rings (SSSR count). The molecule has 2 unspecified atom stereocenters. The minimum Gasteiger partial charge on any atom is -0.311 e. The van der Waals surface area contributed by atoms with Gasteiger partial charge in [-0.2, -0.15) is 0 Å². The van der Waals surface area contributed by atoms with Gasteiger partial charge in [-0.15, -0.1) is 0 Å². The van der Waals surface area contributed by atoms with Crippen molar-refractivity contribution in [1.29, 1.82) is 0 Å². The Morgan fingerprint density at radius 2 is 1.89 bits per heavy atom. The Balaban J connectivity index is 2.68.